The van der Waals surface area contributed by atoms with Gasteiger partial charge in [0.1, 0.15) is 0 Å². The number of carbonyl (C=O) groups is 1. The first-order chi connectivity index (χ1) is 6.42. The monoisotopic (exact) mass is 209 g/mol. The molecule has 0 radical (unpaired) electrons. The van der Waals surface area contributed by atoms with Gasteiger partial charge in [0.25, 0.3) is 0 Å². The molecule has 0 saturated heterocycles. The van der Waals surface area contributed by atoms with E-state index in [0.29, 0.717) is 12.3 Å². The lowest BCUT2D eigenvalue weighted by Gasteiger charge is -2.09. The minimum absolute atomic E-state index is 0.0475. The van der Waals surface area contributed by atoms with Crippen LogP contribution in [0.3, 0.4) is 0 Å². The predicted molar refractivity (Wildman–Crippen MR) is 36.3 cm³/mol. The lowest BCUT2D eigenvalue weighted by Crippen LogP contribution is -2.18. The molecule has 0 atom stereocenters. The van der Waals surface area contributed by atoms with Crippen molar-refractivity contribution in [1.29, 1.82) is 0 Å². The Bertz CT molecular complexity index is 350. The van der Waals surface area contributed by atoms with Gasteiger partial charge in [0, 0.05) is 6.07 Å². The summed E-state index contributed by atoms with van der Waals surface area (Å²) in [6, 6.07) is 0.550. The van der Waals surface area contributed by atoms with Crippen LogP contribution >= 0.6 is 0 Å². The summed E-state index contributed by atoms with van der Waals surface area (Å²) in [6.45, 7) is 0. The maximum atomic E-state index is 12.4. The van der Waals surface area contributed by atoms with Crippen molar-refractivity contribution in [2.24, 2.45) is 0 Å². The fourth-order valence-corrected chi connectivity index (χ4v) is 0.734. The molecular formula is C7H3F4NO2. The molecule has 0 amide bonds. The van der Waals surface area contributed by atoms with Crippen molar-refractivity contribution in [2.75, 3.05) is 0 Å². The van der Waals surface area contributed by atoms with Crippen LogP contribution in [0, 0.1) is 5.95 Å². The van der Waals surface area contributed by atoms with E-state index >= 15 is 0 Å². The van der Waals surface area contributed by atoms with Gasteiger partial charge in [-0.1, -0.05) is 0 Å². The smallest absolute Gasteiger partial charge is 0.403 e. The highest BCUT2D eigenvalue weighted by Gasteiger charge is 2.32. The van der Waals surface area contributed by atoms with Gasteiger partial charge in [-0.15, -0.1) is 13.2 Å². The Labute approximate surface area is 75.3 Å². The minimum atomic E-state index is -4.93. The van der Waals surface area contributed by atoms with Gasteiger partial charge >= 0.3 is 6.36 Å². The molecule has 0 saturated carbocycles. The molecule has 1 rings (SSSR count). The summed E-state index contributed by atoms with van der Waals surface area (Å²) in [4.78, 5) is 13.1. The molecule has 0 aliphatic rings. The largest absolute Gasteiger partial charge is 0.573 e. The van der Waals surface area contributed by atoms with Crippen molar-refractivity contribution in [1.82, 2.24) is 4.98 Å². The molecule has 0 bridgehead atoms. The third-order valence-corrected chi connectivity index (χ3v) is 1.22. The summed E-state index contributed by atoms with van der Waals surface area (Å²) in [5.74, 6) is -1.88. The Kier molecular flexibility index (Phi) is 2.68. The van der Waals surface area contributed by atoms with Gasteiger partial charge < -0.3 is 4.74 Å². The van der Waals surface area contributed by atoms with Crippen molar-refractivity contribution in [3.8, 4) is 5.75 Å². The quantitative estimate of drug-likeness (QED) is 0.424. The summed E-state index contributed by atoms with van der Waals surface area (Å²) in [7, 11) is 0. The van der Waals surface area contributed by atoms with Gasteiger partial charge in [-0.3, -0.25) is 4.79 Å². The maximum absolute atomic E-state index is 12.4. The van der Waals surface area contributed by atoms with Crippen LogP contribution in [0.25, 0.3) is 0 Å². The average molecular weight is 209 g/mol. The molecule has 14 heavy (non-hydrogen) atoms. The number of hydrogen-bond donors (Lipinski definition) is 0. The standard InChI is InChI=1S/C7H3F4NO2/c8-6-1-4(3-13)5(2-12-6)14-7(9,10)11/h1-3H. The van der Waals surface area contributed by atoms with Crippen LogP contribution in [0.4, 0.5) is 17.6 Å². The maximum Gasteiger partial charge on any atom is 0.573 e. The molecule has 0 aliphatic heterocycles. The number of pyridine rings is 1. The van der Waals surface area contributed by atoms with E-state index in [-0.39, 0.29) is 6.29 Å². The second-order valence-electron chi connectivity index (χ2n) is 2.21. The van der Waals surface area contributed by atoms with E-state index in [1.807, 2.05) is 0 Å². The summed E-state index contributed by atoms with van der Waals surface area (Å²) >= 11 is 0. The second-order valence-corrected chi connectivity index (χ2v) is 2.21. The first-order valence-electron chi connectivity index (χ1n) is 3.29. The van der Waals surface area contributed by atoms with E-state index in [1.165, 1.54) is 0 Å². The van der Waals surface area contributed by atoms with E-state index in [2.05, 4.69) is 9.72 Å². The Morgan fingerprint density at radius 2 is 2.07 bits per heavy atom. The molecular weight excluding hydrogens is 206 g/mol. The zero-order valence-corrected chi connectivity index (χ0v) is 6.51. The second kappa shape index (κ2) is 3.60. The van der Waals surface area contributed by atoms with E-state index in [9.17, 15) is 22.4 Å². The first kappa shape index (κ1) is 10.4. The van der Waals surface area contributed by atoms with E-state index in [0.717, 1.165) is 0 Å². The Morgan fingerprint density at radius 1 is 1.43 bits per heavy atom. The average Bonchev–Trinajstić information content (AvgIpc) is 2.06. The number of aldehydes is 1. The Hall–Kier alpha value is -1.66. The van der Waals surface area contributed by atoms with E-state index in [4.69, 9.17) is 0 Å². The van der Waals surface area contributed by atoms with Crippen LogP contribution in [0.5, 0.6) is 5.75 Å². The highest BCUT2D eigenvalue weighted by Crippen LogP contribution is 2.24. The normalized spacial score (nSPS) is 11.1. The van der Waals surface area contributed by atoms with Crippen molar-refractivity contribution in [3.63, 3.8) is 0 Å². The third kappa shape index (κ3) is 2.68. The summed E-state index contributed by atoms with van der Waals surface area (Å²) < 4.78 is 50.9. The molecule has 76 valence electrons. The van der Waals surface area contributed by atoms with Crippen LogP contribution in [0.1, 0.15) is 10.4 Å². The number of nitrogens with zero attached hydrogens (tertiary/aromatic N) is 1. The summed E-state index contributed by atoms with van der Waals surface area (Å²) in [5, 5.41) is 0. The molecule has 1 aromatic heterocycles. The van der Waals surface area contributed by atoms with Gasteiger partial charge in [0.15, 0.2) is 12.0 Å². The van der Waals surface area contributed by atoms with E-state index in [1.54, 1.807) is 0 Å². The molecule has 0 aliphatic carbocycles. The molecule has 0 aromatic carbocycles. The van der Waals surface area contributed by atoms with Gasteiger partial charge in [0.2, 0.25) is 5.95 Å². The number of alkyl halides is 3. The molecule has 1 aromatic rings. The fourth-order valence-electron chi connectivity index (χ4n) is 0.734. The lowest BCUT2D eigenvalue weighted by atomic mass is 10.3. The topological polar surface area (TPSA) is 39.2 Å². The van der Waals surface area contributed by atoms with Crippen molar-refractivity contribution in [2.45, 2.75) is 6.36 Å². The minimum Gasteiger partial charge on any atom is -0.403 e. The highest BCUT2D eigenvalue weighted by atomic mass is 19.4. The van der Waals surface area contributed by atoms with Crippen molar-refractivity contribution < 1.29 is 27.1 Å². The van der Waals surface area contributed by atoms with Crippen LogP contribution in [-0.4, -0.2) is 17.6 Å². The molecule has 7 heteroatoms. The molecule has 0 fully saturated rings. The zero-order chi connectivity index (χ0) is 10.8. The van der Waals surface area contributed by atoms with Crippen LogP contribution in [-0.2, 0) is 0 Å². The molecule has 3 nitrogen and oxygen atoms in total. The van der Waals surface area contributed by atoms with Crippen molar-refractivity contribution in [3.05, 3.63) is 23.8 Å². The first-order valence-corrected chi connectivity index (χ1v) is 3.29. The molecule has 1 heterocycles. The van der Waals surface area contributed by atoms with Gasteiger partial charge in [-0.25, -0.2) is 4.98 Å². The van der Waals surface area contributed by atoms with Crippen LogP contribution < -0.4 is 4.74 Å². The third-order valence-electron chi connectivity index (χ3n) is 1.22. The van der Waals surface area contributed by atoms with Crippen molar-refractivity contribution >= 4 is 6.29 Å². The summed E-state index contributed by atoms with van der Waals surface area (Å²) in [6.07, 6.45) is -4.39. The number of halogens is 4. The highest BCUT2D eigenvalue weighted by molar-refractivity contribution is 5.78. The Morgan fingerprint density at radius 3 is 2.57 bits per heavy atom. The SMILES string of the molecule is O=Cc1cc(F)ncc1OC(F)(F)F. The lowest BCUT2D eigenvalue weighted by molar-refractivity contribution is -0.274. The van der Waals surface area contributed by atoms with Gasteiger partial charge in [-0.05, 0) is 0 Å². The predicted octanol–water partition coefficient (Wildman–Crippen LogP) is 1.93. The molecule has 0 N–H and O–H groups in total. The zero-order valence-electron chi connectivity index (χ0n) is 6.51. The van der Waals surface area contributed by atoms with Crippen LogP contribution in [0.15, 0.2) is 12.3 Å². The number of ether oxygens (including phenoxy) is 1. The van der Waals surface area contributed by atoms with Gasteiger partial charge in [-0.2, -0.15) is 4.39 Å². The van der Waals surface area contributed by atoms with E-state index < -0.39 is 23.6 Å². The fraction of sp³-hybridized carbons (Fsp3) is 0.143. The Balaban J connectivity index is 3.03. The van der Waals surface area contributed by atoms with Crippen LogP contribution in [0.2, 0.25) is 0 Å². The number of carbonyl (C=O) groups excluding carboxylic acids is 1. The number of rotatable bonds is 2. The molecule has 0 spiro atoms. The number of hydrogen-bond acceptors (Lipinski definition) is 3. The molecule has 0 unspecified atom stereocenters. The summed E-state index contributed by atoms with van der Waals surface area (Å²) in [5.41, 5.74) is -0.546. The van der Waals surface area contributed by atoms with Gasteiger partial charge in [0.05, 0.1) is 11.8 Å². The number of aromatic nitrogens is 1.